The number of piperidine rings is 1. The zero-order chi connectivity index (χ0) is 21.4. The van der Waals surface area contributed by atoms with Crippen molar-refractivity contribution in [2.75, 3.05) is 33.8 Å². The number of nitrogens with zero attached hydrogens (tertiary/aromatic N) is 1. The molecule has 1 aliphatic heterocycles. The number of hydrogen-bond donors (Lipinski definition) is 0. The highest BCUT2D eigenvalue weighted by Gasteiger charge is 2.29. The highest BCUT2D eigenvalue weighted by atomic mass is 31.2. The first-order valence-corrected chi connectivity index (χ1v) is 13.8. The second-order valence-corrected chi connectivity index (χ2v) is 10.9. The summed E-state index contributed by atoms with van der Waals surface area (Å²) in [7, 11) is 0.185. The molecule has 0 amide bonds. The van der Waals surface area contributed by atoms with Crippen molar-refractivity contribution in [3.05, 3.63) is 0 Å². The van der Waals surface area contributed by atoms with E-state index in [-0.39, 0.29) is 12.7 Å². The third kappa shape index (κ3) is 15.5. The molecule has 0 aliphatic carbocycles. The lowest BCUT2D eigenvalue weighted by Crippen LogP contribution is -2.48. The number of unbranched alkanes of at least 4 members (excludes halogenated alkanes) is 13. The Morgan fingerprint density at radius 1 is 0.793 bits per heavy atom. The van der Waals surface area contributed by atoms with Gasteiger partial charge >= 0.3 is 0 Å². The maximum atomic E-state index is 12.0. The molecular weight excluding hydrogens is 385 g/mol. The third-order valence-corrected chi connectivity index (χ3v) is 7.19. The van der Waals surface area contributed by atoms with E-state index in [4.69, 9.17) is 9.05 Å². The summed E-state index contributed by atoms with van der Waals surface area (Å²) in [6.07, 6.45) is 19.3. The molecule has 1 aliphatic rings. The van der Waals surface area contributed by atoms with Gasteiger partial charge in [0.1, 0.15) is 0 Å². The van der Waals surface area contributed by atoms with E-state index in [1.807, 2.05) is 0 Å². The van der Waals surface area contributed by atoms with Crippen LogP contribution in [-0.4, -0.2) is 44.4 Å². The zero-order valence-corrected chi connectivity index (χ0v) is 20.4. The monoisotopic (exact) mass is 433 g/mol. The fourth-order valence-corrected chi connectivity index (χ4v) is 5.02. The molecule has 5 nitrogen and oxygen atoms in total. The summed E-state index contributed by atoms with van der Waals surface area (Å²) < 4.78 is 23.2. The Kier molecular flexibility index (Phi) is 14.8. The molecule has 1 unspecified atom stereocenters. The SMILES string of the molecule is CCCCCCCCCCCCCCCCOP(=O)([O-])OC1CC[N+](C)(C)CC1. The lowest BCUT2D eigenvalue weighted by molar-refractivity contribution is -0.896. The van der Waals surface area contributed by atoms with Crippen LogP contribution in [0, 0.1) is 0 Å². The Morgan fingerprint density at radius 3 is 1.66 bits per heavy atom. The van der Waals surface area contributed by atoms with Gasteiger partial charge < -0.3 is 18.4 Å². The summed E-state index contributed by atoms with van der Waals surface area (Å²) in [6, 6.07) is 0. The van der Waals surface area contributed by atoms with Gasteiger partial charge in [0.05, 0.1) is 39.9 Å². The summed E-state index contributed by atoms with van der Waals surface area (Å²) in [6.45, 7) is 4.42. The van der Waals surface area contributed by atoms with E-state index in [1.165, 1.54) is 77.0 Å². The lowest BCUT2D eigenvalue weighted by Gasteiger charge is -2.38. The fourth-order valence-electron chi connectivity index (χ4n) is 4.03. The lowest BCUT2D eigenvalue weighted by atomic mass is 10.0. The van der Waals surface area contributed by atoms with E-state index in [0.717, 1.165) is 43.3 Å². The van der Waals surface area contributed by atoms with Gasteiger partial charge in [-0.2, -0.15) is 0 Å². The second kappa shape index (κ2) is 15.8. The van der Waals surface area contributed by atoms with Crippen LogP contribution in [0.15, 0.2) is 0 Å². The first-order valence-electron chi connectivity index (χ1n) is 12.3. The molecule has 0 N–H and O–H groups in total. The number of quaternary nitrogens is 1. The summed E-state index contributed by atoms with van der Waals surface area (Å²) in [5.41, 5.74) is 0. The summed E-state index contributed by atoms with van der Waals surface area (Å²) in [5, 5.41) is 0. The maximum absolute atomic E-state index is 12.0. The highest BCUT2D eigenvalue weighted by molar-refractivity contribution is 7.45. The van der Waals surface area contributed by atoms with Gasteiger partial charge in [-0.05, 0) is 6.42 Å². The van der Waals surface area contributed by atoms with Crippen LogP contribution in [0.1, 0.15) is 110 Å². The molecular formula is C23H48NO4P. The van der Waals surface area contributed by atoms with E-state index < -0.39 is 7.82 Å². The van der Waals surface area contributed by atoms with Gasteiger partial charge in [0.15, 0.2) is 0 Å². The van der Waals surface area contributed by atoms with Gasteiger partial charge in [-0.1, -0.05) is 90.4 Å². The van der Waals surface area contributed by atoms with E-state index in [9.17, 15) is 9.46 Å². The average molecular weight is 434 g/mol. The molecule has 1 rings (SSSR count). The van der Waals surface area contributed by atoms with E-state index in [0.29, 0.717) is 0 Å². The van der Waals surface area contributed by atoms with Gasteiger partial charge in [0, 0.05) is 12.8 Å². The first kappa shape index (κ1) is 27.1. The normalized spacial score (nSPS) is 19.3. The summed E-state index contributed by atoms with van der Waals surface area (Å²) >= 11 is 0. The zero-order valence-electron chi connectivity index (χ0n) is 19.5. The predicted octanol–water partition coefficient (Wildman–Crippen LogP) is 6.21. The van der Waals surface area contributed by atoms with Crippen molar-refractivity contribution in [2.45, 2.75) is 116 Å². The molecule has 29 heavy (non-hydrogen) atoms. The second-order valence-electron chi connectivity index (χ2n) is 9.56. The molecule has 1 saturated heterocycles. The molecule has 0 bridgehead atoms. The largest absolute Gasteiger partial charge is 0.756 e. The Morgan fingerprint density at radius 2 is 1.21 bits per heavy atom. The van der Waals surface area contributed by atoms with Gasteiger partial charge in [0.2, 0.25) is 0 Å². The van der Waals surface area contributed by atoms with E-state index in [2.05, 4.69) is 21.0 Å². The van der Waals surface area contributed by atoms with Crippen LogP contribution in [0.2, 0.25) is 0 Å². The van der Waals surface area contributed by atoms with Gasteiger partial charge in [-0.3, -0.25) is 4.57 Å². The quantitative estimate of drug-likeness (QED) is 0.146. The Hall–Kier alpha value is 0.0700. The number of hydrogen-bond acceptors (Lipinski definition) is 4. The van der Waals surface area contributed by atoms with Crippen LogP contribution < -0.4 is 4.89 Å². The topological polar surface area (TPSA) is 58.6 Å². The molecule has 0 radical (unpaired) electrons. The van der Waals surface area contributed by atoms with Crippen molar-refractivity contribution in [3.8, 4) is 0 Å². The van der Waals surface area contributed by atoms with Crippen LogP contribution in [0.5, 0.6) is 0 Å². The minimum absolute atomic E-state index is 0.208. The molecule has 0 spiro atoms. The first-order chi connectivity index (χ1) is 13.8. The van der Waals surface area contributed by atoms with E-state index >= 15 is 0 Å². The standard InChI is InChI=1S/C23H48NO4P/c1-4-5-6-7-8-9-10-11-12-13-14-15-16-17-22-27-29(25,26)28-23-18-20-24(2,3)21-19-23/h23H,4-22H2,1-3H3. The van der Waals surface area contributed by atoms with Crippen molar-refractivity contribution in [3.63, 3.8) is 0 Å². The number of likely N-dealkylation sites (tertiary alicyclic amines) is 1. The van der Waals surface area contributed by atoms with Gasteiger partial charge in [-0.15, -0.1) is 0 Å². The van der Waals surface area contributed by atoms with Crippen LogP contribution in [0.25, 0.3) is 0 Å². The third-order valence-electron chi connectivity index (χ3n) is 6.14. The Balaban J connectivity index is 1.87. The Bertz CT molecular complexity index is 435. The molecule has 6 heteroatoms. The maximum Gasteiger partial charge on any atom is 0.268 e. The van der Waals surface area contributed by atoms with Gasteiger partial charge in [0.25, 0.3) is 7.82 Å². The van der Waals surface area contributed by atoms with Crippen LogP contribution in [-0.2, 0) is 13.6 Å². The fraction of sp³-hybridized carbons (Fsp3) is 1.00. The number of rotatable bonds is 18. The summed E-state index contributed by atoms with van der Waals surface area (Å²) in [5.74, 6) is 0. The van der Waals surface area contributed by atoms with Crippen molar-refractivity contribution in [1.29, 1.82) is 0 Å². The van der Waals surface area contributed by atoms with Crippen LogP contribution in [0.3, 0.4) is 0 Å². The predicted molar refractivity (Wildman–Crippen MR) is 120 cm³/mol. The minimum Gasteiger partial charge on any atom is -0.756 e. The average Bonchev–Trinajstić information content (AvgIpc) is 2.66. The van der Waals surface area contributed by atoms with Crippen molar-refractivity contribution in [1.82, 2.24) is 0 Å². The van der Waals surface area contributed by atoms with Crippen LogP contribution in [0.4, 0.5) is 0 Å². The van der Waals surface area contributed by atoms with Gasteiger partial charge in [-0.25, -0.2) is 0 Å². The highest BCUT2D eigenvalue weighted by Crippen LogP contribution is 2.42. The summed E-state index contributed by atoms with van der Waals surface area (Å²) in [4.78, 5) is 12.0. The molecule has 1 atom stereocenters. The van der Waals surface area contributed by atoms with E-state index in [1.54, 1.807) is 0 Å². The molecule has 0 aromatic carbocycles. The molecule has 174 valence electrons. The molecule has 1 fully saturated rings. The number of phosphoric ester groups is 1. The molecule has 1 heterocycles. The van der Waals surface area contributed by atoms with Crippen molar-refractivity contribution >= 4 is 7.82 Å². The molecule has 0 aromatic heterocycles. The smallest absolute Gasteiger partial charge is 0.268 e. The van der Waals surface area contributed by atoms with Crippen LogP contribution >= 0.6 is 7.82 Å². The van der Waals surface area contributed by atoms with Crippen molar-refractivity contribution < 1.29 is 23.0 Å². The molecule has 0 saturated carbocycles. The van der Waals surface area contributed by atoms with Crippen molar-refractivity contribution in [2.24, 2.45) is 0 Å². The Labute approximate surface area is 180 Å². The minimum atomic E-state index is -4.15. The number of phosphoric acid groups is 1. The molecule has 0 aromatic rings.